The van der Waals surface area contributed by atoms with Crippen molar-refractivity contribution < 1.29 is 9.53 Å². The van der Waals surface area contributed by atoms with Gasteiger partial charge in [-0.05, 0) is 31.5 Å². The van der Waals surface area contributed by atoms with E-state index in [1.807, 2.05) is 12.1 Å². The van der Waals surface area contributed by atoms with E-state index in [9.17, 15) is 4.79 Å². The first-order valence-corrected chi connectivity index (χ1v) is 5.39. The van der Waals surface area contributed by atoms with E-state index >= 15 is 0 Å². The molecule has 90 valence electrons. The van der Waals surface area contributed by atoms with Gasteiger partial charge in [0.05, 0.1) is 23.3 Å². The molecule has 0 spiro atoms. The van der Waals surface area contributed by atoms with Crippen molar-refractivity contribution in [2.45, 2.75) is 20.0 Å². The molecule has 0 bridgehead atoms. The molecule has 0 atom stereocenters. The molecule has 1 aromatic rings. The number of nitriles is 2. The maximum Gasteiger partial charge on any atom is 0.332 e. The third-order valence-electron chi connectivity index (χ3n) is 2.06. The summed E-state index contributed by atoms with van der Waals surface area (Å²) >= 11 is 0. The standard InChI is InChI=1S/C14H12N2O2/c1-10(2)18-14(17)7-13(9-16)12-5-3-11(8-15)4-6-12/h3-7,10H,1-2H3. The van der Waals surface area contributed by atoms with Crippen LogP contribution >= 0.6 is 0 Å². The first kappa shape index (κ1) is 13.5. The van der Waals surface area contributed by atoms with Crippen LogP contribution in [0.5, 0.6) is 0 Å². The van der Waals surface area contributed by atoms with Gasteiger partial charge in [-0.2, -0.15) is 10.5 Å². The van der Waals surface area contributed by atoms with Crippen LogP contribution in [0.25, 0.3) is 5.57 Å². The van der Waals surface area contributed by atoms with Gasteiger partial charge in [-0.25, -0.2) is 4.79 Å². The summed E-state index contributed by atoms with van der Waals surface area (Å²) in [4.78, 5) is 11.4. The van der Waals surface area contributed by atoms with E-state index in [1.54, 1.807) is 38.1 Å². The number of nitrogens with zero attached hydrogens (tertiary/aromatic N) is 2. The summed E-state index contributed by atoms with van der Waals surface area (Å²) < 4.78 is 4.93. The van der Waals surface area contributed by atoms with Gasteiger partial charge in [-0.3, -0.25) is 0 Å². The van der Waals surface area contributed by atoms with Crippen molar-refractivity contribution in [3.05, 3.63) is 41.5 Å². The summed E-state index contributed by atoms with van der Waals surface area (Å²) in [7, 11) is 0. The molecule has 0 saturated heterocycles. The summed E-state index contributed by atoms with van der Waals surface area (Å²) in [6, 6.07) is 10.3. The molecule has 4 nitrogen and oxygen atoms in total. The Morgan fingerprint density at radius 2 is 1.89 bits per heavy atom. The molecule has 4 heteroatoms. The highest BCUT2D eigenvalue weighted by Crippen LogP contribution is 2.14. The molecule has 0 aliphatic heterocycles. The Hall–Kier alpha value is -2.59. The largest absolute Gasteiger partial charge is 0.460 e. The zero-order chi connectivity index (χ0) is 13.5. The Kier molecular flexibility index (Phi) is 4.66. The molecule has 0 aliphatic rings. The molecule has 0 aliphatic carbocycles. The number of allylic oxidation sites excluding steroid dienone is 1. The van der Waals surface area contributed by atoms with Crippen molar-refractivity contribution >= 4 is 11.5 Å². The van der Waals surface area contributed by atoms with Crippen LogP contribution in [0.2, 0.25) is 0 Å². The molecule has 0 radical (unpaired) electrons. The summed E-state index contributed by atoms with van der Waals surface area (Å²) in [5.74, 6) is -0.550. The van der Waals surface area contributed by atoms with E-state index in [0.29, 0.717) is 11.1 Å². The second-order valence-electron chi connectivity index (χ2n) is 3.84. The fourth-order valence-electron chi connectivity index (χ4n) is 1.29. The Morgan fingerprint density at radius 3 is 2.33 bits per heavy atom. The molecule has 0 unspecified atom stereocenters. The van der Waals surface area contributed by atoms with Crippen LogP contribution in [-0.2, 0) is 9.53 Å². The molecule has 1 rings (SSSR count). The number of carbonyl (C=O) groups excluding carboxylic acids is 1. The van der Waals surface area contributed by atoms with Crippen molar-refractivity contribution in [2.24, 2.45) is 0 Å². The average Bonchev–Trinajstić information content (AvgIpc) is 2.35. The van der Waals surface area contributed by atoms with Crippen molar-refractivity contribution in [1.82, 2.24) is 0 Å². The zero-order valence-electron chi connectivity index (χ0n) is 10.2. The van der Waals surface area contributed by atoms with Gasteiger partial charge >= 0.3 is 5.97 Å². The van der Waals surface area contributed by atoms with E-state index < -0.39 is 5.97 Å². The van der Waals surface area contributed by atoms with Crippen LogP contribution in [0.3, 0.4) is 0 Å². The Balaban J connectivity index is 2.96. The smallest absolute Gasteiger partial charge is 0.332 e. The normalized spacial score (nSPS) is 10.6. The van der Waals surface area contributed by atoms with Gasteiger partial charge in [0.15, 0.2) is 0 Å². The van der Waals surface area contributed by atoms with Crippen molar-refractivity contribution in [3.63, 3.8) is 0 Å². The molecule has 1 aromatic carbocycles. The molecular formula is C14H12N2O2. The number of ether oxygens (including phenoxy) is 1. The first-order valence-electron chi connectivity index (χ1n) is 5.39. The highest BCUT2D eigenvalue weighted by Gasteiger charge is 2.07. The molecule has 0 saturated carbocycles. The lowest BCUT2D eigenvalue weighted by atomic mass is 10.1. The first-order chi connectivity index (χ1) is 8.56. The molecule has 0 amide bonds. The van der Waals surface area contributed by atoms with Crippen molar-refractivity contribution in [2.75, 3.05) is 0 Å². The molecule has 18 heavy (non-hydrogen) atoms. The lowest BCUT2D eigenvalue weighted by Crippen LogP contribution is -2.09. The number of esters is 1. The predicted molar refractivity (Wildman–Crippen MR) is 66.0 cm³/mol. The fraction of sp³-hybridized carbons (Fsp3) is 0.214. The lowest BCUT2D eigenvalue weighted by molar-refractivity contribution is -0.141. The second kappa shape index (κ2) is 6.22. The third-order valence-corrected chi connectivity index (χ3v) is 2.06. The van der Waals surface area contributed by atoms with Crippen LogP contribution in [0.1, 0.15) is 25.0 Å². The van der Waals surface area contributed by atoms with Crippen LogP contribution in [0, 0.1) is 22.7 Å². The minimum absolute atomic E-state index is 0.213. The lowest BCUT2D eigenvalue weighted by Gasteiger charge is -2.05. The fourth-order valence-corrected chi connectivity index (χ4v) is 1.29. The van der Waals surface area contributed by atoms with Crippen LogP contribution in [0.4, 0.5) is 0 Å². The molecule has 0 N–H and O–H groups in total. The van der Waals surface area contributed by atoms with Crippen molar-refractivity contribution in [1.29, 1.82) is 10.5 Å². The van der Waals surface area contributed by atoms with E-state index in [2.05, 4.69) is 0 Å². The summed E-state index contributed by atoms with van der Waals surface area (Å²) in [6.45, 7) is 3.47. The maximum absolute atomic E-state index is 11.4. The topological polar surface area (TPSA) is 73.9 Å². The van der Waals surface area contributed by atoms with Gasteiger partial charge < -0.3 is 4.74 Å². The van der Waals surface area contributed by atoms with E-state index in [4.69, 9.17) is 15.3 Å². The van der Waals surface area contributed by atoms with Crippen molar-refractivity contribution in [3.8, 4) is 12.1 Å². The third kappa shape index (κ3) is 3.77. The number of rotatable bonds is 3. The highest BCUT2D eigenvalue weighted by atomic mass is 16.5. The molecule has 0 fully saturated rings. The van der Waals surface area contributed by atoms with Gasteiger partial charge in [0.2, 0.25) is 0 Å². The van der Waals surface area contributed by atoms with Gasteiger partial charge in [-0.15, -0.1) is 0 Å². The minimum Gasteiger partial charge on any atom is -0.460 e. The van der Waals surface area contributed by atoms with Gasteiger partial charge in [0.25, 0.3) is 0 Å². The SMILES string of the molecule is CC(C)OC(=O)C=C(C#N)c1ccc(C#N)cc1. The number of hydrogen-bond acceptors (Lipinski definition) is 4. The van der Waals surface area contributed by atoms with Crippen LogP contribution < -0.4 is 0 Å². The van der Waals surface area contributed by atoms with Gasteiger partial charge in [-0.1, -0.05) is 12.1 Å². The minimum atomic E-state index is -0.550. The summed E-state index contributed by atoms with van der Waals surface area (Å²) in [6.07, 6.45) is 0.927. The van der Waals surface area contributed by atoms with E-state index in [-0.39, 0.29) is 11.7 Å². The maximum atomic E-state index is 11.4. The zero-order valence-corrected chi connectivity index (χ0v) is 10.2. The quantitative estimate of drug-likeness (QED) is 0.462. The Morgan fingerprint density at radius 1 is 1.28 bits per heavy atom. The van der Waals surface area contributed by atoms with Crippen LogP contribution in [-0.4, -0.2) is 12.1 Å². The molecular weight excluding hydrogens is 228 g/mol. The molecule has 0 aromatic heterocycles. The monoisotopic (exact) mass is 240 g/mol. The summed E-state index contributed by atoms with van der Waals surface area (Å²) in [5.41, 5.74) is 1.29. The molecule has 0 heterocycles. The number of benzene rings is 1. The second-order valence-corrected chi connectivity index (χ2v) is 3.84. The number of hydrogen-bond donors (Lipinski definition) is 0. The summed E-state index contributed by atoms with van der Waals surface area (Å²) in [5, 5.41) is 17.7. The van der Waals surface area contributed by atoms with Gasteiger partial charge in [0.1, 0.15) is 6.07 Å². The van der Waals surface area contributed by atoms with E-state index in [1.165, 1.54) is 0 Å². The Labute approximate surface area is 106 Å². The average molecular weight is 240 g/mol. The number of carbonyl (C=O) groups is 1. The predicted octanol–water partition coefficient (Wildman–Crippen LogP) is 2.42. The van der Waals surface area contributed by atoms with E-state index in [0.717, 1.165) is 6.08 Å². The van der Waals surface area contributed by atoms with Crippen LogP contribution in [0.15, 0.2) is 30.3 Å². The van der Waals surface area contributed by atoms with Gasteiger partial charge in [0, 0.05) is 6.08 Å². The highest BCUT2D eigenvalue weighted by molar-refractivity contribution is 5.95. The Bertz CT molecular complexity index is 543.